The van der Waals surface area contributed by atoms with Crippen LogP contribution in [0.25, 0.3) is 0 Å². The van der Waals surface area contributed by atoms with Crippen molar-refractivity contribution in [3.05, 3.63) is 16.1 Å². The second-order valence-corrected chi connectivity index (χ2v) is 4.08. The molecule has 0 saturated carbocycles. The summed E-state index contributed by atoms with van der Waals surface area (Å²) < 4.78 is 4.96. The molecule has 0 bridgehead atoms. The van der Waals surface area contributed by atoms with Crippen LogP contribution in [0.3, 0.4) is 0 Å². The Morgan fingerprint density at radius 1 is 1.69 bits per heavy atom. The average molecular weight is 200 g/mol. The van der Waals surface area contributed by atoms with Crippen molar-refractivity contribution in [1.82, 2.24) is 4.98 Å². The summed E-state index contributed by atoms with van der Waals surface area (Å²) in [5, 5.41) is 3.24. The second-order valence-electron chi connectivity index (χ2n) is 3.14. The van der Waals surface area contributed by atoms with Gasteiger partial charge >= 0.3 is 0 Å². The molecule has 0 radical (unpaired) electrons. The Kier molecular flexibility index (Phi) is 4.35. The van der Waals surface area contributed by atoms with Crippen molar-refractivity contribution in [2.45, 2.75) is 25.8 Å². The number of hydrogen-bond acceptors (Lipinski definition) is 4. The van der Waals surface area contributed by atoms with E-state index in [-0.39, 0.29) is 6.04 Å². The van der Waals surface area contributed by atoms with Crippen molar-refractivity contribution >= 4 is 11.3 Å². The molecule has 1 aromatic rings. The summed E-state index contributed by atoms with van der Waals surface area (Å²) in [6, 6.07) is 0.134. The topological polar surface area (TPSA) is 48.1 Å². The number of thiazole rings is 1. The van der Waals surface area contributed by atoms with Gasteiger partial charge in [0, 0.05) is 30.6 Å². The molecule has 1 aromatic heterocycles. The molecule has 1 heterocycles. The van der Waals surface area contributed by atoms with Crippen LogP contribution >= 0.6 is 11.3 Å². The lowest BCUT2D eigenvalue weighted by Crippen LogP contribution is -2.26. The fourth-order valence-electron chi connectivity index (χ4n) is 1.12. The zero-order valence-electron chi connectivity index (χ0n) is 8.12. The molecule has 0 fully saturated rings. The molecule has 0 amide bonds. The summed E-state index contributed by atoms with van der Waals surface area (Å²) in [5.74, 6) is 0. The minimum Gasteiger partial charge on any atom is -0.383 e. The summed E-state index contributed by atoms with van der Waals surface area (Å²) in [7, 11) is 1.67. The molecular formula is C9H16N2OS. The van der Waals surface area contributed by atoms with Crippen molar-refractivity contribution in [2.75, 3.05) is 13.7 Å². The highest BCUT2D eigenvalue weighted by Gasteiger charge is 2.04. The first-order chi connectivity index (χ1) is 6.22. The van der Waals surface area contributed by atoms with E-state index in [1.165, 1.54) is 5.01 Å². The Bertz CT molecular complexity index is 250. The maximum absolute atomic E-state index is 5.79. The van der Waals surface area contributed by atoms with Crippen LogP contribution in [-0.4, -0.2) is 24.7 Å². The number of hydrogen-bond donors (Lipinski definition) is 1. The Morgan fingerprint density at radius 3 is 3.00 bits per heavy atom. The van der Waals surface area contributed by atoms with E-state index >= 15 is 0 Å². The van der Waals surface area contributed by atoms with Gasteiger partial charge in [0.2, 0.25) is 0 Å². The molecule has 1 rings (SSSR count). The van der Waals surface area contributed by atoms with Crippen LogP contribution in [0.4, 0.5) is 0 Å². The van der Waals surface area contributed by atoms with E-state index in [1.807, 2.05) is 6.92 Å². The first-order valence-electron chi connectivity index (χ1n) is 4.38. The van der Waals surface area contributed by atoms with E-state index in [2.05, 4.69) is 10.4 Å². The predicted molar refractivity (Wildman–Crippen MR) is 55.0 cm³/mol. The number of nitrogens with zero attached hydrogens (tertiary/aromatic N) is 1. The van der Waals surface area contributed by atoms with Gasteiger partial charge in [-0.1, -0.05) is 0 Å². The van der Waals surface area contributed by atoms with Gasteiger partial charge in [-0.2, -0.15) is 0 Å². The minimum atomic E-state index is 0.134. The Hall–Kier alpha value is -0.450. The van der Waals surface area contributed by atoms with Crippen LogP contribution < -0.4 is 5.73 Å². The SMILES string of the molecule is COCC(N)CCc1nc(C)cs1. The van der Waals surface area contributed by atoms with E-state index in [0.717, 1.165) is 18.5 Å². The van der Waals surface area contributed by atoms with Gasteiger partial charge in [-0.25, -0.2) is 4.98 Å². The molecule has 13 heavy (non-hydrogen) atoms. The molecule has 0 aliphatic carbocycles. The lowest BCUT2D eigenvalue weighted by atomic mass is 10.2. The highest BCUT2D eigenvalue weighted by atomic mass is 32.1. The van der Waals surface area contributed by atoms with E-state index in [0.29, 0.717) is 6.61 Å². The van der Waals surface area contributed by atoms with Crippen LogP contribution in [-0.2, 0) is 11.2 Å². The van der Waals surface area contributed by atoms with Crippen LogP contribution in [0.5, 0.6) is 0 Å². The quantitative estimate of drug-likeness (QED) is 0.780. The zero-order valence-corrected chi connectivity index (χ0v) is 8.93. The standard InChI is InChI=1S/C9H16N2OS/c1-7-6-13-9(11-7)4-3-8(10)5-12-2/h6,8H,3-5,10H2,1-2H3. The molecule has 74 valence electrons. The molecular weight excluding hydrogens is 184 g/mol. The maximum Gasteiger partial charge on any atom is 0.0928 e. The largest absolute Gasteiger partial charge is 0.383 e. The van der Waals surface area contributed by atoms with E-state index in [9.17, 15) is 0 Å². The molecule has 2 N–H and O–H groups in total. The molecule has 0 aromatic carbocycles. The van der Waals surface area contributed by atoms with Gasteiger partial charge in [0.25, 0.3) is 0 Å². The van der Waals surface area contributed by atoms with Crippen LogP contribution in [0.15, 0.2) is 5.38 Å². The van der Waals surface area contributed by atoms with Crippen LogP contribution in [0.2, 0.25) is 0 Å². The molecule has 3 nitrogen and oxygen atoms in total. The van der Waals surface area contributed by atoms with Crippen molar-refractivity contribution in [3.8, 4) is 0 Å². The summed E-state index contributed by atoms with van der Waals surface area (Å²) in [5.41, 5.74) is 6.89. The van der Waals surface area contributed by atoms with Gasteiger partial charge in [-0.15, -0.1) is 11.3 Å². The van der Waals surface area contributed by atoms with Crippen LogP contribution in [0, 0.1) is 6.92 Å². The van der Waals surface area contributed by atoms with Gasteiger partial charge in [0.05, 0.1) is 11.6 Å². The molecule has 4 heteroatoms. The first kappa shape index (κ1) is 10.6. The summed E-state index contributed by atoms with van der Waals surface area (Å²) >= 11 is 1.70. The smallest absolute Gasteiger partial charge is 0.0928 e. The van der Waals surface area contributed by atoms with Gasteiger partial charge in [-0.05, 0) is 13.3 Å². The lowest BCUT2D eigenvalue weighted by Gasteiger charge is -2.07. The summed E-state index contributed by atoms with van der Waals surface area (Å²) in [6.07, 6.45) is 1.91. The van der Waals surface area contributed by atoms with E-state index in [1.54, 1.807) is 18.4 Å². The van der Waals surface area contributed by atoms with E-state index in [4.69, 9.17) is 10.5 Å². The fraction of sp³-hybridized carbons (Fsp3) is 0.667. The third kappa shape index (κ3) is 3.85. The summed E-state index contributed by atoms with van der Waals surface area (Å²) in [4.78, 5) is 4.36. The number of methoxy groups -OCH3 is 1. The number of rotatable bonds is 5. The molecule has 1 atom stereocenters. The highest BCUT2D eigenvalue weighted by Crippen LogP contribution is 2.11. The van der Waals surface area contributed by atoms with Gasteiger partial charge in [0.15, 0.2) is 0 Å². The van der Waals surface area contributed by atoms with Crippen molar-refractivity contribution in [3.63, 3.8) is 0 Å². The third-order valence-electron chi connectivity index (χ3n) is 1.78. The number of nitrogens with two attached hydrogens (primary N) is 1. The van der Waals surface area contributed by atoms with Gasteiger partial charge in [0.1, 0.15) is 0 Å². The summed E-state index contributed by atoms with van der Waals surface area (Å²) in [6.45, 7) is 2.64. The predicted octanol–water partition coefficient (Wildman–Crippen LogP) is 1.36. The third-order valence-corrected chi connectivity index (χ3v) is 2.80. The van der Waals surface area contributed by atoms with Gasteiger partial charge < -0.3 is 10.5 Å². The molecule has 0 saturated heterocycles. The van der Waals surface area contributed by atoms with Gasteiger partial charge in [-0.3, -0.25) is 0 Å². The minimum absolute atomic E-state index is 0.134. The Morgan fingerprint density at radius 2 is 2.46 bits per heavy atom. The number of aryl methyl sites for hydroxylation is 2. The van der Waals surface area contributed by atoms with E-state index < -0.39 is 0 Å². The molecule has 0 aliphatic rings. The Balaban J connectivity index is 2.26. The maximum atomic E-state index is 5.79. The second kappa shape index (κ2) is 5.32. The molecule has 0 aliphatic heterocycles. The fourth-order valence-corrected chi connectivity index (χ4v) is 1.92. The lowest BCUT2D eigenvalue weighted by molar-refractivity contribution is 0.177. The van der Waals surface area contributed by atoms with Crippen molar-refractivity contribution in [1.29, 1.82) is 0 Å². The molecule has 0 spiro atoms. The van der Waals surface area contributed by atoms with Crippen molar-refractivity contribution < 1.29 is 4.74 Å². The number of ether oxygens (including phenoxy) is 1. The number of aromatic nitrogens is 1. The van der Waals surface area contributed by atoms with Crippen LogP contribution in [0.1, 0.15) is 17.1 Å². The normalized spacial score (nSPS) is 13.2. The molecule has 1 unspecified atom stereocenters. The van der Waals surface area contributed by atoms with Crippen molar-refractivity contribution in [2.24, 2.45) is 5.73 Å². The highest BCUT2D eigenvalue weighted by molar-refractivity contribution is 7.09. The monoisotopic (exact) mass is 200 g/mol. The first-order valence-corrected chi connectivity index (χ1v) is 5.26. The zero-order chi connectivity index (χ0) is 9.68. The Labute approximate surface area is 82.9 Å². The average Bonchev–Trinajstić information content (AvgIpc) is 2.49.